The normalized spacial score (nSPS) is 11.5. The van der Waals surface area contributed by atoms with Crippen molar-refractivity contribution in [1.82, 2.24) is 30.2 Å². The maximum absolute atomic E-state index is 12.1. The van der Waals surface area contributed by atoms with E-state index in [1.54, 1.807) is 0 Å². The first-order chi connectivity index (χ1) is 16.1. The number of Topliss-reactive ketones (excluding diaryl/α,β-unsaturated/α-hetero) is 1. The standard InChI is InChI=1S/C26H29N7O/c1-16-23(17(2)34)24(29-18(3)28-16)27-15-19-11-13-20(14-12-19)21-9-7-8-10-22(21)25-30-31-32-33(25)26(4,5)6/h7-14H,15H2,1-6H3,(H,27,28,29). The summed E-state index contributed by atoms with van der Waals surface area (Å²) >= 11 is 0. The summed E-state index contributed by atoms with van der Waals surface area (Å²) in [5, 5.41) is 15.7. The summed E-state index contributed by atoms with van der Waals surface area (Å²) in [4.78, 5) is 20.8. The molecule has 0 amide bonds. The summed E-state index contributed by atoms with van der Waals surface area (Å²) < 4.78 is 1.85. The number of nitrogens with zero attached hydrogens (tertiary/aromatic N) is 6. The number of ketones is 1. The van der Waals surface area contributed by atoms with Crippen molar-refractivity contribution >= 4 is 11.6 Å². The molecule has 0 saturated carbocycles. The molecule has 0 aliphatic carbocycles. The van der Waals surface area contributed by atoms with E-state index >= 15 is 0 Å². The van der Waals surface area contributed by atoms with Gasteiger partial charge in [-0.15, -0.1) is 5.10 Å². The van der Waals surface area contributed by atoms with Crippen molar-refractivity contribution in [3.05, 3.63) is 71.2 Å². The fraction of sp³-hybridized carbons (Fsp3) is 0.308. The van der Waals surface area contributed by atoms with Gasteiger partial charge in [-0.2, -0.15) is 0 Å². The van der Waals surface area contributed by atoms with E-state index in [2.05, 4.69) is 81.9 Å². The molecule has 0 bridgehead atoms. The Morgan fingerprint density at radius 2 is 1.65 bits per heavy atom. The molecule has 2 aromatic heterocycles. The van der Waals surface area contributed by atoms with E-state index in [1.807, 2.05) is 36.7 Å². The van der Waals surface area contributed by atoms with E-state index in [9.17, 15) is 4.79 Å². The molecule has 0 spiro atoms. The molecule has 0 atom stereocenters. The van der Waals surface area contributed by atoms with E-state index in [0.717, 1.165) is 28.1 Å². The van der Waals surface area contributed by atoms with E-state index in [0.29, 0.717) is 29.4 Å². The summed E-state index contributed by atoms with van der Waals surface area (Å²) in [5.74, 6) is 1.89. The predicted molar refractivity (Wildman–Crippen MR) is 133 cm³/mol. The Bertz CT molecular complexity index is 1330. The van der Waals surface area contributed by atoms with Gasteiger partial charge < -0.3 is 5.32 Å². The van der Waals surface area contributed by atoms with Crippen LogP contribution in [0.25, 0.3) is 22.5 Å². The zero-order valence-corrected chi connectivity index (χ0v) is 20.4. The first kappa shape index (κ1) is 23.2. The van der Waals surface area contributed by atoms with Crippen LogP contribution in [0.4, 0.5) is 5.82 Å². The third-order valence-corrected chi connectivity index (χ3v) is 5.55. The Balaban J connectivity index is 1.60. The van der Waals surface area contributed by atoms with Crippen molar-refractivity contribution in [2.45, 2.75) is 53.6 Å². The fourth-order valence-electron chi connectivity index (χ4n) is 3.99. The van der Waals surface area contributed by atoms with Crippen LogP contribution >= 0.6 is 0 Å². The maximum atomic E-state index is 12.1. The molecule has 0 aliphatic rings. The van der Waals surface area contributed by atoms with E-state index in [1.165, 1.54) is 6.92 Å². The number of aromatic nitrogens is 6. The van der Waals surface area contributed by atoms with Crippen LogP contribution in [0.15, 0.2) is 48.5 Å². The summed E-state index contributed by atoms with van der Waals surface area (Å²) in [6.07, 6.45) is 0. The third kappa shape index (κ3) is 4.71. The van der Waals surface area contributed by atoms with Gasteiger partial charge in [-0.1, -0.05) is 48.5 Å². The van der Waals surface area contributed by atoms with Gasteiger partial charge in [-0.3, -0.25) is 4.79 Å². The highest BCUT2D eigenvalue weighted by Crippen LogP contribution is 2.32. The Morgan fingerprint density at radius 3 is 2.29 bits per heavy atom. The number of aryl methyl sites for hydroxylation is 2. The minimum Gasteiger partial charge on any atom is -0.365 e. The Morgan fingerprint density at radius 1 is 0.971 bits per heavy atom. The molecule has 4 aromatic rings. The van der Waals surface area contributed by atoms with Crippen LogP contribution in [-0.4, -0.2) is 36.0 Å². The molecule has 2 heterocycles. The smallest absolute Gasteiger partial charge is 0.183 e. The number of benzene rings is 2. The topological polar surface area (TPSA) is 98.5 Å². The van der Waals surface area contributed by atoms with Crippen molar-refractivity contribution in [3.8, 4) is 22.5 Å². The quantitative estimate of drug-likeness (QED) is 0.409. The number of hydrogen-bond acceptors (Lipinski definition) is 7. The van der Waals surface area contributed by atoms with Gasteiger partial charge in [0.15, 0.2) is 11.6 Å². The molecule has 0 fully saturated rings. The second-order valence-corrected chi connectivity index (χ2v) is 9.32. The minimum absolute atomic E-state index is 0.0513. The number of nitrogens with one attached hydrogen (secondary N) is 1. The first-order valence-corrected chi connectivity index (χ1v) is 11.2. The van der Waals surface area contributed by atoms with Crippen molar-refractivity contribution in [3.63, 3.8) is 0 Å². The predicted octanol–water partition coefficient (Wildman–Crippen LogP) is 4.98. The van der Waals surface area contributed by atoms with Crippen molar-refractivity contribution in [2.75, 3.05) is 5.32 Å². The minimum atomic E-state index is -0.238. The summed E-state index contributed by atoms with van der Waals surface area (Å²) in [6, 6.07) is 16.4. The number of rotatable bonds is 6. The van der Waals surface area contributed by atoms with Crippen LogP contribution in [0.3, 0.4) is 0 Å². The summed E-state index contributed by atoms with van der Waals surface area (Å²) in [5.41, 5.74) is 5.16. The van der Waals surface area contributed by atoms with Gasteiger partial charge in [-0.25, -0.2) is 14.6 Å². The molecule has 0 radical (unpaired) electrons. The molecular weight excluding hydrogens is 426 g/mol. The van der Waals surface area contributed by atoms with Crippen LogP contribution in [0, 0.1) is 13.8 Å². The van der Waals surface area contributed by atoms with Crippen molar-refractivity contribution in [2.24, 2.45) is 0 Å². The van der Waals surface area contributed by atoms with Crippen LogP contribution in [0.5, 0.6) is 0 Å². The van der Waals surface area contributed by atoms with Gasteiger partial charge in [0.25, 0.3) is 0 Å². The number of carbonyl (C=O) groups is 1. The van der Waals surface area contributed by atoms with Crippen molar-refractivity contribution in [1.29, 1.82) is 0 Å². The lowest BCUT2D eigenvalue weighted by molar-refractivity contribution is 0.101. The highest BCUT2D eigenvalue weighted by molar-refractivity contribution is 5.99. The lowest BCUT2D eigenvalue weighted by atomic mass is 9.97. The number of hydrogen-bond donors (Lipinski definition) is 1. The fourth-order valence-corrected chi connectivity index (χ4v) is 3.99. The molecule has 4 rings (SSSR count). The average molecular weight is 456 g/mol. The van der Waals surface area contributed by atoms with Gasteiger partial charge in [0.2, 0.25) is 0 Å². The molecule has 1 N–H and O–H groups in total. The molecule has 8 heteroatoms. The van der Waals surface area contributed by atoms with Gasteiger partial charge >= 0.3 is 0 Å². The molecule has 2 aromatic carbocycles. The molecule has 0 aliphatic heterocycles. The second-order valence-electron chi connectivity index (χ2n) is 9.32. The highest BCUT2D eigenvalue weighted by Gasteiger charge is 2.22. The molecule has 8 nitrogen and oxygen atoms in total. The average Bonchev–Trinajstić information content (AvgIpc) is 3.28. The van der Waals surface area contributed by atoms with Crippen LogP contribution in [0.1, 0.15) is 55.1 Å². The first-order valence-electron chi connectivity index (χ1n) is 11.2. The lowest BCUT2D eigenvalue weighted by Gasteiger charge is -2.21. The van der Waals surface area contributed by atoms with Crippen molar-refractivity contribution < 1.29 is 4.79 Å². The van der Waals surface area contributed by atoms with E-state index in [-0.39, 0.29) is 11.3 Å². The Kier molecular flexibility index (Phi) is 6.24. The van der Waals surface area contributed by atoms with Gasteiger partial charge in [0.05, 0.1) is 16.8 Å². The second kappa shape index (κ2) is 9.13. The number of anilines is 1. The molecule has 0 saturated heterocycles. The Hall–Kier alpha value is -3.94. The summed E-state index contributed by atoms with van der Waals surface area (Å²) in [7, 11) is 0. The van der Waals surface area contributed by atoms with E-state index < -0.39 is 0 Å². The van der Waals surface area contributed by atoms with Gasteiger partial charge in [-0.05, 0) is 68.7 Å². The Labute approximate surface area is 199 Å². The number of carbonyl (C=O) groups excluding carboxylic acids is 1. The lowest BCUT2D eigenvalue weighted by Crippen LogP contribution is -2.24. The molecular formula is C26H29N7O. The van der Waals surface area contributed by atoms with Gasteiger partial charge in [0.1, 0.15) is 11.6 Å². The zero-order chi connectivity index (χ0) is 24.5. The monoisotopic (exact) mass is 455 g/mol. The number of tetrazole rings is 1. The molecule has 174 valence electrons. The SMILES string of the molecule is CC(=O)c1c(C)nc(C)nc1NCc1ccc(-c2ccccc2-c2nnnn2C(C)(C)C)cc1. The van der Waals surface area contributed by atoms with Crippen LogP contribution in [0.2, 0.25) is 0 Å². The highest BCUT2D eigenvalue weighted by atomic mass is 16.1. The van der Waals surface area contributed by atoms with Crippen LogP contribution in [-0.2, 0) is 12.1 Å². The summed E-state index contributed by atoms with van der Waals surface area (Å²) in [6.45, 7) is 12.0. The molecule has 0 unspecified atom stereocenters. The molecule has 34 heavy (non-hydrogen) atoms. The largest absolute Gasteiger partial charge is 0.365 e. The maximum Gasteiger partial charge on any atom is 0.183 e. The zero-order valence-electron chi connectivity index (χ0n) is 20.4. The van der Waals surface area contributed by atoms with Gasteiger partial charge in [0, 0.05) is 12.1 Å². The van der Waals surface area contributed by atoms with E-state index in [4.69, 9.17) is 0 Å². The van der Waals surface area contributed by atoms with Crippen LogP contribution < -0.4 is 5.32 Å². The third-order valence-electron chi connectivity index (χ3n) is 5.55.